The highest BCUT2D eigenvalue weighted by Gasteiger charge is 2.25. The second kappa shape index (κ2) is 6.50. The fourth-order valence-electron chi connectivity index (χ4n) is 2.43. The van der Waals surface area contributed by atoms with Gasteiger partial charge in [-0.25, -0.2) is 0 Å². The third-order valence-corrected chi connectivity index (χ3v) is 3.63. The smallest absolute Gasteiger partial charge is 0.274 e. The van der Waals surface area contributed by atoms with E-state index >= 15 is 0 Å². The number of carbonyl (C=O) groups is 1. The molecule has 1 heterocycles. The number of amides is 1. The SMILES string of the molecule is CCCNc1ccc(C(=O)N(C)C2CCCC2)nn1. The van der Waals surface area contributed by atoms with Crippen LogP contribution in [0, 0.1) is 0 Å². The second-order valence-electron chi connectivity index (χ2n) is 5.08. The van der Waals surface area contributed by atoms with Gasteiger partial charge >= 0.3 is 0 Å². The lowest BCUT2D eigenvalue weighted by Gasteiger charge is -2.23. The van der Waals surface area contributed by atoms with Crippen molar-refractivity contribution in [1.82, 2.24) is 15.1 Å². The first-order valence-corrected chi connectivity index (χ1v) is 7.07. The van der Waals surface area contributed by atoms with Crippen LogP contribution in [-0.2, 0) is 0 Å². The summed E-state index contributed by atoms with van der Waals surface area (Å²) in [6, 6.07) is 3.93. The third-order valence-electron chi connectivity index (χ3n) is 3.63. The van der Waals surface area contributed by atoms with E-state index in [9.17, 15) is 4.79 Å². The van der Waals surface area contributed by atoms with Crippen molar-refractivity contribution >= 4 is 11.7 Å². The molecule has 1 saturated carbocycles. The number of anilines is 1. The van der Waals surface area contributed by atoms with Crippen molar-refractivity contribution in [3.63, 3.8) is 0 Å². The minimum absolute atomic E-state index is 0.0264. The van der Waals surface area contributed by atoms with Crippen LogP contribution >= 0.6 is 0 Å². The predicted molar refractivity (Wildman–Crippen MR) is 75.2 cm³/mol. The quantitative estimate of drug-likeness (QED) is 0.884. The predicted octanol–water partition coefficient (Wildman–Crippen LogP) is 2.31. The Kier molecular flexibility index (Phi) is 4.71. The summed E-state index contributed by atoms with van der Waals surface area (Å²) in [5.41, 5.74) is 0.427. The molecule has 0 saturated heterocycles. The summed E-state index contributed by atoms with van der Waals surface area (Å²) < 4.78 is 0. The van der Waals surface area contributed by atoms with E-state index in [1.165, 1.54) is 12.8 Å². The lowest BCUT2D eigenvalue weighted by atomic mass is 10.2. The van der Waals surface area contributed by atoms with E-state index in [2.05, 4.69) is 22.4 Å². The highest BCUT2D eigenvalue weighted by Crippen LogP contribution is 2.23. The van der Waals surface area contributed by atoms with E-state index in [1.54, 1.807) is 6.07 Å². The lowest BCUT2D eigenvalue weighted by Crippen LogP contribution is -2.35. The molecule has 0 radical (unpaired) electrons. The number of rotatable bonds is 5. The first-order chi connectivity index (χ1) is 9.22. The Labute approximate surface area is 114 Å². The van der Waals surface area contributed by atoms with Crippen LogP contribution in [0.25, 0.3) is 0 Å². The molecule has 0 atom stereocenters. The lowest BCUT2D eigenvalue weighted by molar-refractivity contribution is 0.0728. The van der Waals surface area contributed by atoms with Gasteiger partial charge in [0.1, 0.15) is 5.82 Å². The van der Waals surface area contributed by atoms with E-state index in [1.807, 2.05) is 18.0 Å². The zero-order chi connectivity index (χ0) is 13.7. The summed E-state index contributed by atoms with van der Waals surface area (Å²) in [7, 11) is 1.86. The molecule has 2 rings (SSSR count). The third kappa shape index (κ3) is 3.43. The first-order valence-electron chi connectivity index (χ1n) is 7.07. The molecule has 19 heavy (non-hydrogen) atoms. The van der Waals surface area contributed by atoms with E-state index < -0.39 is 0 Å². The Morgan fingerprint density at radius 2 is 2.11 bits per heavy atom. The molecule has 1 fully saturated rings. The molecule has 0 aromatic carbocycles. The minimum atomic E-state index is -0.0264. The summed E-state index contributed by atoms with van der Waals surface area (Å²) in [6.07, 6.45) is 5.67. The van der Waals surface area contributed by atoms with Crippen molar-refractivity contribution in [1.29, 1.82) is 0 Å². The van der Waals surface area contributed by atoms with Crippen LogP contribution in [0.3, 0.4) is 0 Å². The zero-order valence-corrected chi connectivity index (χ0v) is 11.7. The summed E-state index contributed by atoms with van der Waals surface area (Å²) in [5, 5.41) is 11.2. The number of hydrogen-bond acceptors (Lipinski definition) is 4. The van der Waals surface area contributed by atoms with Crippen LogP contribution in [0.4, 0.5) is 5.82 Å². The fraction of sp³-hybridized carbons (Fsp3) is 0.643. The molecule has 0 bridgehead atoms. The fourth-order valence-corrected chi connectivity index (χ4v) is 2.43. The molecule has 5 heteroatoms. The molecule has 0 aliphatic heterocycles. The number of nitrogens with zero attached hydrogens (tertiary/aromatic N) is 3. The number of aromatic nitrogens is 2. The Hall–Kier alpha value is -1.65. The van der Waals surface area contributed by atoms with Crippen molar-refractivity contribution in [2.75, 3.05) is 18.9 Å². The minimum Gasteiger partial charge on any atom is -0.369 e. The molecule has 1 aromatic heterocycles. The van der Waals surface area contributed by atoms with Gasteiger partial charge in [-0.2, -0.15) is 0 Å². The molecule has 0 unspecified atom stereocenters. The molecule has 1 N–H and O–H groups in total. The number of carbonyl (C=O) groups excluding carboxylic acids is 1. The average molecular weight is 262 g/mol. The summed E-state index contributed by atoms with van der Waals surface area (Å²) >= 11 is 0. The highest BCUT2D eigenvalue weighted by atomic mass is 16.2. The molecule has 1 aliphatic carbocycles. The van der Waals surface area contributed by atoms with Gasteiger partial charge in [0.15, 0.2) is 5.69 Å². The molecule has 104 valence electrons. The maximum atomic E-state index is 12.3. The summed E-state index contributed by atoms with van der Waals surface area (Å²) in [6.45, 7) is 2.96. The topological polar surface area (TPSA) is 58.1 Å². The Bertz CT molecular complexity index is 412. The Balaban J connectivity index is 1.98. The molecule has 5 nitrogen and oxygen atoms in total. The largest absolute Gasteiger partial charge is 0.369 e. The maximum absolute atomic E-state index is 12.3. The van der Waals surface area contributed by atoms with Gasteiger partial charge in [0, 0.05) is 19.6 Å². The van der Waals surface area contributed by atoms with E-state index in [0.717, 1.165) is 31.6 Å². The van der Waals surface area contributed by atoms with Crippen LogP contribution in [-0.4, -0.2) is 40.6 Å². The van der Waals surface area contributed by atoms with Gasteiger partial charge in [-0.15, -0.1) is 10.2 Å². The normalized spacial score (nSPS) is 15.5. The Morgan fingerprint density at radius 3 is 2.68 bits per heavy atom. The first kappa shape index (κ1) is 13.8. The molecule has 1 aromatic rings. The number of hydrogen-bond donors (Lipinski definition) is 1. The zero-order valence-electron chi connectivity index (χ0n) is 11.7. The van der Waals surface area contributed by atoms with Gasteiger partial charge in [-0.3, -0.25) is 4.79 Å². The monoisotopic (exact) mass is 262 g/mol. The Morgan fingerprint density at radius 1 is 1.37 bits per heavy atom. The summed E-state index contributed by atoms with van der Waals surface area (Å²) in [5.74, 6) is 0.698. The van der Waals surface area contributed by atoms with Crippen molar-refractivity contribution in [2.24, 2.45) is 0 Å². The maximum Gasteiger partial charge on any atom is 0.274 e. The van der Waals surface area contributed by atoms with Crippen LogP contribution < -0.4 is 5.32 Å². The highest BCUT2D eigenvalue weighted by molar-refractivity contribution is 5.92. The molecular formula is C14H22N4O. The molecule has 1 amide bonds. The van der Waals surface area contributed by atoms with Crippen molar-refractivity contribution in [2.45, 2.75) is 45.1 Å². The van der Waals surface area contributed by atoms with Crippen LogP contribution in [0.1, 0.15) is 49.5 Å². The van der Waals surface area contributed by atoms with Gasteiger partial charge < -0.3 is 10.2 Å². The summed E-state index contributed by atoms with van der Waals surface area (Å²) in [4.78, 5) is 14.1. The van der Waals surface area contributed by atoms with Gasteiger partial charge in [-0.1, -0.05) is 19.8 Å². The van der Waals surface area contributed by atoms with Crippen LogP contribution in [0.2, 0.25) is 0 Å². The van der Waals surface area contributed by atoms with Crippen molar-refractivity contribution in [3.05, 3.63) is 17.8 Å². The second-order valence-corrected chi connectivity index (χ2v) is 5.08. The van der Waals surface area contributed by atoms with Gasteiger partial charge in [0.25, 0.3) is 5.91 Å². The van der Waals surface area contributed by atoms with Gasteiger partial charge in [0.2, 0.25) is 0 Å². The molecular weight excluding hydrogens is 240 g/mol. The standard InChI is InChI=1S/C14H22N4O/c1-3-10-15-13-9-8-12(16-17-13)14(19)18(2)11-6-4-5-7-11/h8-9,11H,3-7,10H2,1-2H3,(H,15,17). The average Bonchev–Trinajstić information content (AvgIpc) is 2.98. The molecule has 0 spiro atoms. The number of nitrogens with one attached hydrogen (secondary N) is 1. The van der Waals surface area contributed by atoms with Crippen LogP contribution in [0.5, 0.6) is 0 Å². The van der Waals surface area contributed by atoms with E-state index in [4.69, 9.17) is 0 Å². The van der Waals surface area contributed by atoms with Gasteiger partial charge in [-0.05, 0) is 31.4 Å². The van der Waals surface area contributed by atoms with Crippen molar-refractivity contribution in [3.8, 4) is 0 Å². The van der Waals surface area contributed by atoms with E-state index in [0.29, 0.717) is 11.7 Å². The van der Waals surface area contributed by atoms with Gasteiger partial charge in [0.05, 0.1) is 0 Å². The molecule has 1 aliphatic rings. The van der Waals surface area contributed by atoms with Crippen molar-refractivity contribution < 1.29 is 4.79 Å². The van der Waals surface area contributed by atoms with E-state index in [-0.39, 0.29) is 5.91 Å². The van der Waals surface area contributed by atoms with Crippen LogP contribution in [0.15, 0.2) is 12.1 Å².